The Morgan fingerprint density at radius 3 is 2.67 bits per heavy atom. The summed E-state index contributed by atoms with van der Waals surface area (Å²) in [6, 6.07) is 16.5. The maximum absolute atomic E-state index is 9.25. The summed E-state index contributed by atoms with van der Waals surface area (Å²) in [4.78, 5) is 0. The molecule has 0 amide bonds. The van der Waals surface area contributed by atoms with Crippen molar-refractivity contribution in [2.45, 2.75) is 25.4 Å². The molecule has 0 heterocycles. The van der Waals surface area contributed by atoms with E-state index in [4.69, 9.17) is 0 Å². The highest BCUT2D eigenvalue weighted by Gasteiger charge is 2.20. The first kappa shape index (κ1) is 11.3. The molecule has 2 aromatic rings. The van der Waals surface area contributed by atoms with Gasteiger partial charge in [-0.1, -0.05) is 36.4 Å². The van der Waals surface area contributed by atoms with Crippen molar-refractivity contribution < 1.29 is 5.11 Å². The van der Waals surface area contributed by atoms with E-state index < -0.39 is 0 Å². The van der Waals surface area contributed by atoms with Gasteiger partial charge in [-0.25, -0.2) is 0 Å². The minimum absolute atomic E-state index is 0.324. The van der Waals surface area contributed by atoms with E-state index in [2.05, 4.69) is 29.6 Å². The van der Waals surface area contributed by atoms with Crippen LogP contribution in [-0.4, -0.2) is 5.11 Å². The Hall–Kier alpha value is -1.80. The third kappa shape index (κ3) is 2.24. The average Bonchev–Trinajstić information content (AvgIpc) is 2.82. The van der Waals surface area contributed by atoms with E-state index in [1.807, 2.05) is 12.1 Å². The molecule has 1 unspecified atom stereocenters. The number of phenols is 1. The fourth-order valence-corrected chi connectivity index (χ4v) is 2.62. The molecule has 1 aliphatic carbocycles. The second-order valence-corrected chi connectivity index (χ2v) is 4.84. The van der Waals surface area contributed by atoms with Crippen LogP contribution in [0.2, 0.25) is 0 Å². The van der Waals surface area contributed by atoms with Crippen LogP contribution in [0.15, 0.2) is 48.5 Å². The number of fused-ring (bicyclic) bond motifs is 1. The van der Waals surface area contributed by atoms with E-state index in [1.54, 1.807) is 12.1 Å². The minimum atomic E-state index is 0.324. The summed E-state index contributed by atoms with van der Waals surface area (Å²) < 4.78 is 0. The first-order chi connectivity index (χ1) is 8.83. The normalized spacial score (nSPS) is 17.7. The van der Waals surface area contributed by atoms with E-state index in [1.165, 1.54) is 29.5 Å². The number of rotatable bonds is 3. The smallest absolute Gasteiger partial charge is 0.115 e. The van der Waals surface area contributed by atoms with Crippen molar-refractivity contribution in [2.24, 2.45) is 0 Å². The average molecular weight is 239 g/mol. The number of nitrogens with one attached hydrogen (secondary N) is 1. The van der Waals surface area contributed by atoms with E-state index in [-0.39, 0.29) is 0 Å². The highest BCUT2D eigenvalue weighted by atomic mass is 16.3. The number of aryl methyl sites for hydroxylation is 1. The van der Waals surface area contributed by atoms with Crippen molar-refractivity contribution in [2.75, 3.05) is 0 Å². The van der Waals surface area contributed by atoms with Crippen LogP contribution < -0.4 is 5.32 Å². The molecular formula is C16H17NO. The second kappa shape index (κ2) is 4.83. The lowest BCUT2D eigenvalue weighted by Crippen LogP contribution is -2.18. The lowest BCUT2D eigenvalue weighted by Gasteiger charge is -2.14. The van der Waals surface area contributed by atoms with E-state index >= 15 is 0 Å². The van der Waals surface area contributed by atoms with Gasteiger partial charge in [0.15, 0.2) is 0 Å². The van der Waals surface area contributed by atoms with Gasteiger partial charge in [0.1, 0.15) is 5.75 Å². The van der Waals surface area contributed by atoms with Crippen molar-refractivity contribution in [3.05, 3.63) is 65.2 Å². The summed E-state index contributed by atoms with van der Waals surface area (Å²) in [7, 11) is 0. The zero-order valence-corrected chi connectivity index (χ0v) is 10.3. The molecule has 0 saturated carbocycles. The van der Waals surface area contributed by atoms with Crippen LogP contribution in [0.3, 0.4) is 0 Å². The summed E-state index contributed by atoms with van der Waals surface area (Å²) in [5.74, 6) is 0.324. The highest BCUT2D eigenvalue weighted by molar-refractivity contribution is 5.34. The quantitative estimate of drug-likeness (QED) is 0.862. The lowest BCUT2D eigenvalue weighted by atomic mass is 10.1. The summed E-state index contributed by atoms with van der Waals surface area (Å²) in [6.07, 6.45) is 2.35. The van der Waals surface area contributed by atoms with Crippen molar-refractivity contribution in [1.82, 2.24) is 5.32 Å². The van der Waals surface area contributed by atoms with Crippen molar-refractivity contribution in [3.63, 3.8) is 0 Å². The molecule has 2 aromatic carbocycles. The fraction of sp³-hybridized carbons (Fsp3) is 0.250. The van der Waals surface area contributed by atoms with Gasteiger partial charge < -0.3 is 10.4 Å². The molecule has 2 N–H and O–H groups in total. The van der Waals surface area contributed by atoms with Gasteiger partial charge in [-0.15, -0.1) is 0 Å². The number of phenolic OH excluding ortho intramolecular Hbond substituents is 1. The topological polar surface area (TPSA) is 32.3 Å². The molecule has 0 saturated heterocycles. The van der Waals surface area contributed by atoms with E-state index in [9.17, 15) is 5.11 Å². The molecule has 1 atom stereocenters. The Kier molecular flexibility index (Phi) is 3.03. The van der Waals surface area contributed by atoms with E-state index in [0.717, 1.165) is 6.54 Å². The Bertz CT molecular complexity index is 533. The van der Waals surface area contributed by atoms with Gasteiger partial charge in [0.25, 0.3) is 0 Å². The molecule has 0 bridgehead atoms. The molecule has 92 valence electrons. The molecular weight excluding hydrogens is 222 g/mol. The van der Waals surface area contributed by atoms with Crippen LogP contribution in [0.5, 0.6) is 5.75 Å². The fourth-order valence-electron chi connectivity index (χ4n) is 2.62. The van der Waals surface area contributed by atoms with Gasteiger partial charge in [-0.3, -0.25) is 0 Å². The zero-order valence-electron chi connectivity index (χ0n) is 10.3. The third-order valence-electron chi connectivity index (χ3n) is 3.62. The molecule has 0 radical (unpaired) electrons. The number of aromatic hydroxyl groups is 1. The van der Waals surface area contributed by atoms with Crippen LogP contribution in [0, 0.1) is 0 Å². The molecule has 2 heteroatoms. The van der Waals surface area contributed by atoms with Gasteiger partial charge in [0.2, 0.25) is 0 Å². The van der Waals surface area contributed by atoms with Crippen LogP contribution in [-0.2, 0) is 13.0 Å². The molecule has 1 aliphatic rings. The SMILES string of the molecule is Oc1ccc(CNC2CCc3ccccc32)cc1. The molecule has 0 spiro atoms. The molecule has 0 fully saturated rings. The minimum Gasteiger partial charge on any atom is -0.508 e. The van der Waals surface area contributed by atoms with Crippen molar-refractivity contribution in [1.29, 1.82) is 0 Å². The largest absolute Gasteiger partial charge is 0.508 e. The number of hydrogen-bond acceptors (Lipinski definition) is 2. The number of benzene rings is 2. The summed E-state index contributed by atoms with van der Waals surface area (Å²) in [5, 5.41) is 12.8. The zero-order chi connectivity index (χ0) is 12.4. The third-order valence-corrected chi connectivity index (χ3v) is 3.62. The lowest BCUT2D eigenvalue weighted by molar-refractivity contribution is 0.474. The second-order valence-electron chi connectivity index (χ2n) is 4.84. The Balaban J connectivity index is 1.67. The van der Waals surface area contributed by atoms with Gasteiger partial charge in [0, 0.05) is 12.6 Å². The Labute approximate surface area is 107 Å². The molecule has 2 nitrogen and oxygen atoms in total. The van der Waals surface area contributed by atoms with Crippen molar-refractivity contribution in [3.8, 4) is 5.75 Å². The van der Waals surface area contributed by atoms with Crippen molar-refractivity contribution >= 4 is 0 Å². The summed E-state index contributed by atoms with van der Waals surface area (Å²) in [5.41, 5.74) is 4.12. The molecule has 18 heavy (non-hydrogen) atoms. The van der Waals surface area contributed by atoms with Crippen LogP contribution in [0.1, 0.15) is 29.2 Å². The standard InChI is InChI=1S/C16H17NO/c18-14-8-5-12(6-9-14)11-17-16-10-7-13-3-1-2-4-15(13)16/h1-6,8-9,16-18H,7,10-11H2. The maximum atomic E-state index is 9.25. The predicted molar refractivity (Wildman–Crippen MR) is 72.5 cm³/mol. The van der Waals surface area contributed by atoms with Crippen LogP contribution in [0.25, 0.3) is 0 Å². The first-order valence-electron chi connectivity index (χ1n) is 6.42. The van der Waals surface area contributed by atoms with E-state index in [0.29, 0.717) is 11.8 Å². The molecule has 0 aromatic heterocycles. The number of hydrogen-bond donors (Lipinski definition) is 2. The predicted octanol–water partition coefficient (Wildman–Crippen LogP) is 3.17. The molecule has 0 aliphatic heterocycles. The maximum Gasteiger partial charge on any atom is 0.115 e. The highest BCUT2D eigenvalue weighted by Crippen LogP contribution is 2.30. The summed E-state index contributed by atoms with van der Waals surface area (Å²) in [6.45, 7) is 0.847. The Morgan fingerprint density at radius 2 is 1.83 bits per heavy atom. The van der Waals surface area contributed by atoms with Gasteiger partial charge in [0.05, 0.1) is 0 Å². The van der Waals surface area contributed by atoms with Crippen LogP contribution >= 0.6 is 0 Å². The van der Waals surface area contributed by atoms with Gasteiger partial charge in [-0.2, -0.15) is 0 Å². The van der Waals surface area contributed by atoms with Gasteiger partial charge in [-0.05, 0) is 41.7 Å². The molecule has 3 rings (SSSR count). The monoisotopic (exact) mass is 239 g/mol. The Morgan fingerprint density at radius 1 is 1.06 bits per heavy atom. The first-order valence-corrected chi connectivity index (χ1v) is 6.42. The van der Waals surface area contributed by atoms with Gasteiger partial charge >= 0.3 is 0 Å². The summed E-state index contributed by atoms with van der Waals surface area (Å²) >= 11 is 0. The van der Waals surface area contributed by atoms with Crippen LogP contribution in [0.4, 0.5) is 0 Å².